The average Bonchev–Trinajstić information content (AvgIpc) is 2.88. The molecule has 1 aromatic rings. The van der Waals surface area contributed by atoms with Gasteiger partial charge in [0, 0.05) is 44.1 Å². The molecule has 88 valence electrons. The number of hydrogen-bond donors (Lipinski definition) is 1. The standard InChI is InChI=1S/C12H20N4/c1-2-15-8-6-13-12(15)14-10-5-7-16(9-10)11-3-4-11/h6,8,10-11H,2-5,7,9H2,1H3,(H,13,14). The quantitative estimate of drug-likeness (QED) is 0.835. The second-order valence-electron chi connectivity index (χ2n) is 4.89. The number of imidazole rings is 1. The zero-order chi connectivity index (χ0) is 11.0. The first kappa shape index (κ1) is 10.1. The fourth-order valence-electron chi connectivity index (χ4n) is 2.56. The minimum Gasteiger partial charge on any atom is -0.352 e. The molecule has 16 heavy (non-hydrogen) atoms. The Kier molecular flexibility index (Phi) is 2.59. The third kappa shape index (κ3) is 1.94. The molecule has 1 saturated carbocycles. The van der Waals surface area contributed by atoms with Gasteiger partial charge in [0.1, 0.15) is 0 Å². The fourth-order valence-corrected chi connectivity index (χ4v) is 2.56. The van der Waals surface area contributed by atoms with Crippen LogP contribution in [0.5, 0.6) is 0 Å². The van der Waals surface area contributed by atoms with Crippen molar-refractivity contribution in [2.75, 3.05) is 18.4 Å². The molecule has 2 fully saturated rings. The van der Waals surface area contributed by atoms with Crippen molar-refractivity contribution in [1.29, 1.82) is 0 Å². The van der Waals surface area contributed by atoms with Crippen molar-refractivity contribution in [1.82, 2.24) is 14.5 Å². The predicted molar refractivity (Wildman–Crippen MR) is 64.5 cm³/mol. The van der Waals surface area contributed by atoms with Crippen molar-refractivity contribution in [3.63, 3.8) is 0 Å². The summed E-state index contributed by atoms with van der Waals surface area (Å²) in [5.41, 5.74) is 0. The van der Waals surface area contributed by atoms with Crippen LogP contribution in [-0.2, 0) is 6.54 Å². The number of nitrogens with one attached hydrogen (secondary N) is 1. The van der Waals surface area contributed by atoms with Crippen molar-refractivity contribution in [3.05, 3.63) is 12.4 Å². The van der Waals surface area contributed by atoms with E-state index in [0.29, 0.717) is 6.04 Å². The second kappa shape index (κ2) is 4.09. The molecular weight excluding hydrogens is 200 g/mol. The molecule has 4 nitrogen and oxygen atoms in total. The predicted octanol–water partition coefficient (Wildman–Crippen LogP) is 1.55. The van der Waals surface area contributed by atoms with E-state index in [4.69, 9.17) is 0 Å². The molecule has 2 aliphatic rings. The first-order valence-corrected chi connectivity index (χ1v) is 6.38. The lowest BCUT2D eigenvalue weighted by Gasteiger charge is -2.16. The fraction of sp³-hybridized carbons (Fsp3) is 0.750. The number of anilines is 1. The van der Waals surface area contributed by atoms with Crippen LogP contribution in [0, 0.1) is 0 Å². The van der Waals surface area contributed by atoms with Crippen molar-refractivity contribution in [2.24, 2.45) is 0 Å². The Hall–Kier alpha value is -1.03. The second-order valence-corrected chi connectivity index (χ2v) is 4.89. The largest absolute Gasteiger partial charge is 0.352 e. The van der Waals surface area contributed by atoms with E-state index in [0.717, 1.165) is 18.5 Å². The van der Waals surface area contributed by atoms with E-state index in [1.807, 2.05) is 12.4 Å². The topological polar surface area (TPSA) is 33.1 Å². The van der Waals surface area contributed by atoms with Crippen LogP contribution in [-0.4, -0.2) is 39.6 Å². The Morgan fingerprint density at radius 2 is 2.31 bits per heavy atom. The Labute approximate surface area is 96.7 Å². The average molecular weight is 220 g/mol. The molecule has 1 aliphatic carbocycles. The molecule has 1 aromatic heterocycles. The molecule has 3 rings (SSSR count). The number of hydrogen-bond acceptors (Lipinski definition) is 3. The summed E-state index contributed by atoms with van der Waals surface area (Å²) in [5, 5.41) is 3.56. The molecule has 0 spiro atoms. The molecular formula is C12H20N4. The number of rotatable bonds is 4. The van der Waals surface area contributed by atoms with Crippen LogP contribution in [0.4, 0.5) is 5.95 Å². The normalized spacial score (nSPS) is 26.2. The highest BCUT2D eigenvalue weighted by Crippen LogP contribution is 2.30. The Morgan fingerprint density at radius 3 is 3.06 bits per heavy atom. The smallest absolute Gasteiger partial charge is 0.203 e. The first-order chi connectivity index (χ1) is 7.86. The maximum atomic E-state index is 4.37. The lowest BCUT2D eigenvalue weighted by molar-refractivity contribution is 0.326. The first-order valence-electron chi connectivity index (χ1n) is 6.38. The molecule has 0 bridgehead atoms. The molecule has 2 heterocycles. The third-order valence-electron chi connectivity index (χ3n) is 3.67. The molecule has 1 atom stereocenters. The Bertz CT molecular complexity index is 356. The molecule has 1 aliphatic heterocycles. The molecule has 0 aromatic carbocycles. The van der Waals surface area contributed by atoms with E-state index >= 15 is 0 Å². The zero-order valence-electron chi connectivity index (χ0n) is 9.89. The van der Waals surface area contributed by atoms with Crippen LogP contribution >= 0.6 is 0 Å². The highest BCUT2D eigenvalue weighted by Gasteiger charge is 2.34. The Balaban J connectivity index is 1.59. The van der Waals surface area contributed by atoms with Gasteiger partial charge in [-0.3, -0.25) is 4.90 Å². The zero-order valence-corrected chi connectivity index (χ0v) is 9.89. The van der Waals surface area contributed by atoms with E-state index in [-0.39, 0.29) is 0 Å². The van der Waals surface area contributed by atoms with Crippen molar-refractivity contribution >= 4 is 5.95 Å². The summed E-state index contributed by atoms with van der Waals surface area (Å²) in [5.74, 6) is 1.03. The summed E-state index contributed by atoms with van der Waals surface area (Å²) in [6.45, 7) is 5.59. The summed E-state index contributed by atoms with van der Waals surface area (Å²) in [4.78, 5) is 6.99. The monoisotopic (exact) mass is 220 g/mol. The van der Waals surface area contributed by atoms with Crippen LogP contribution in [0.1, 0.15) is 26.2 Å². The van der Waals surface area contributed by atoms with E-state index in [1.54, 1.807) is 0 Å². The molecule has 1 saturated heterocycles. The number of aromatic nitrogens is 2. The van der Waals surface area contributed by atoms with Gasteiger partial charge in [-0.15, -0.1) is 0 Å². The molecule has 0 radical (unpaired) electrons. The molecule has 1 N–H and O–H groups in total. The van der Waals surface area contributed by atoms with E-state index < -0.39 is 0 Å². The minimum atomic E-state index is 0.591. The van der Waals surface area contributed by atoms with E-state index in [2.05, 4.69) is 26.7 Å². The van der Waals surface area contributed by atoms with Crippen molar-refractivity contribution in [2.45, 2.75) is 44.8 Å². The lowest BCUT2D eigenvalue weighted by Crippen LogP contribution is -2.28. The van der Waals surface area contributed by atoms with Gasteiger partial charge in [-0.05, 0) is 26.2 Å². The van der Waals surface area contributed by atoms with Gasteiger partial charge in [0.25, 0.3) is 0 Å². The minimum absolute atomic E-state index is 0.591. The molecule has 0 amide bonds. The van der Waals surface area contributed by atoms with Crippen LogP contribution in [0.2, 0.25) is 0 Å². The Morgan fingerprint density at radius 1 is 1.44 bits per heavy atom. The van der Waals surface area contributed by atoms with Gasteiger partial charge >= 0.3 is 0 Å². The van der Waals surface area contributed by atoms with Crippen molar-refractivity contribution in [3.8, 4) is 0 Å². The highest BCUT2D eigenvalue weighted by molar-refractivity contribution is 5.28. The van der Waals surface area contributed by atoms with Crippen molar-refractivity contribution < 1.29 is 0 Å². The van der Waals surface area contributed by atoms with Crippen LogP contribution < -0.4 is 5.32 Å². The maximum Gasteiger partial charge on any atom is 0.203 e. The van der Waals surface area contributed by atoms with Gasteiger partial charge < -0.3 is 9.88 Å². The summed E-state index contributed by atoms with van der Waals surface area (Å²) >= 11 is 0. The summed E-state index contributed by atoms with van der Waals surface area (Å²) < 4.78 is 2.17. The summed E-state index contributed by atoms with van der Waals surface area (Å²) in [6.07, 6.45) is 8.00. The summed E-state index contributed by atoms with van der Waals surface area (Å²) in [7, 11) is 0. The van der Waals surface area contributed by atoms with Crippen LogP contribution in [0.3, 0.4) is 0 Å². The highest BCUT2D eigenvalue weighted by atomic mass is 15.3. The lowest BCUT2D eigenvalue weighted by atomic mass is 10.3. The SMILES string of the molecule is CCn1ccnc1NC1CCN(C2CC2)C1. The third-order valence-corrected chi connectivity index (χ3v) is 3.67. The number of aryl methyl sites for hydroxylation is 1. The van der Waals surface area contributed by atoms with E-state index in [1.165, 1.54) is 32.4 Å². The van der Waals surface area contributed by atoms with Crippen LogP contribution in [0.15, 0.2) is 12.4 Å². The molecule has 4 heteroatoms. The van der Waals surface area contributed by atoms with Gasteiger partial charge in [0.15, 0.2) is 0 Å². The summed E-state index contributed by atoms with van der Waals surface area (Å²) in [6, 6.07) is 1.49. The van der Waals surface area contributed by atoms with E-state index in [9.17, 15) is 0 Å². The van der Waals surface area contributed by atoms with Crippen LogP contribution in [0.25, 0.3) is 0 Å². The van der Waals surface area contributed by atoms with Gasteiger partial charge in [0.05, 0.1) is 0 Å². The number of likely N-dealkylation sites (tertiary alicyclic amines) is 1. The van der Waals surface area contributed by atoms with Gasteiger partial charge in [-0.1, -0.05) is 0 Å². The maximum absolute atomic E-state index is 4.37. The van der Waals surface area contributed by atoms with Gasteiger partial charge in [-0.25, -0.2) is 4.98 Å². The molecule has 1 unspecified atom stereocenters. The van der Waals surface area contributed by atoms with Gasteiger partial charge in [-0.2, -0.15) is 0 Å². The number of nitrogens with zero attached hydrogens (tertiary/aromatic N) is 3. The van der Waals surface area contributed by atoms with Gasteiger partial charge in [0.2, 0.25) is 5.95 Å².